The van der Waals surface area contributed by atoms with Gasteiger partial charge in [-0.15, -0.1) is 0 Å². The van der Waals surface area contributed by atoms with Crippen molar-refractivity contribution in [1.29, 1.82) is 0 Å². The zero-order valence-corrected chi connectivity index (χ0v) is 32.1. The molecule has 9 aromatic carbocycles. The molecule has 0 radical (unpaired) electrons. The molecule has 1 aliphatic carbocycles. The Bertz CT molecular complexity index is 3400. The summed E-state index contributed by atoms with van der Waals surface area (Å²) in [6.45, 7) is 9.11. The fourth-order valence-electron chi connectivity index (χ4n) is 10.2. The molecule has 1 aromatic heterocycles. The van der Waals surface area contributed by atoms with E-state index in [4.69, 9.17) is 4.42 Å². The largest absolute Gasteiger partial charge is 0.456 e. The topological polar surface area (TPSA) is 13.1 Å². The maximum absolute atomic E-state index is 6.55. The summed E-state index contributed by atoms with van der Waals surface area (Å²) in [5.41, 5.74) is 14.6. The third-order valence-electron chi connectivity index (χ3n) is 12.6. The normalized spacial score (nSPS) is 14.1. The number of hydrogen-bond acceptors (Lipinski definition) is 1. The molecule has 0 N–H and O–H groups in total. The van der Waals surface area contributed by atoms with Crippen molar-refractivity contribution in [3.8, 4) is 44.5 Å². The number of hydrogen-bond donors (Lipinski definition) is 0. The highest BCUT2D eigenvalue weighted by molar-refractivity contribution is 6.19. The summed E-state index contributed by atoms with van der Waals surface area (Å²) in [5.74, 6) is 0. The van der Waals surface area contributed by atoms with E-state index in [-0.39, 0.29) is 5.41 Å². The minimum Gasteiger partial charge on any atom is -0.456 e. The number of furan rings is 1. The molecule has 11 rings (SSSR count). The molecule has 0 amide bonds. The quantitative estimate of drug-likeness (QED) is 0.177. The van der Waals surface area contributed by atoms with E-state index in [9.17, 15) is 0 Å². The van der Waals surface area contributed by atoms with Crippen molar-refractivity contribution in [1.82, 2.24) is 0 Å². The van der Waals surface area contributed by atoms with Crippen LogP contribution in [0.15, 0.2) is 162 Å². The molecule has 1 heterocycles. The van der Waals surface area contributed by atoms with Gasteiger partial charge in [-0.25, -0.2) is 0 Å². The first-order valence-electron chi connectivity index (χ1n) is 19.8. The smallest absolute Gasteiger partial charge is 0.136 e. The van der Waals surface area contributed by atoms with Gasteiger partial charge in [-0.1, -0.05) is 159 Å². The van der Waals surface area contributed by atoms with Gasteiger partial charge < -0.3 is 4.42 Å². The van der Waals surface area contributed by atoms with Crippen LogP contribution in [0.1, 0.15) is 38.8 Å². The molecular formula is C55H40O. The predicted octanol–water partition coefficient (Wildman–Crippen LogP) is 14.0. The van der Waals surface area contributed by atoms with E-state index in [1.165, 1.54) is 98.4 Å². The number of fused-ring (bicyclic) bond motifs is 10. The summed E-state index contributed by atoms with van der Waals surface area (Å²) in [5, 5.41) is 12.4. The molecule has 1 aliphatic rings. The summed E-state index contributed by atoms with van der Waals surface area (Å²) in [7, 11) is 0. The maximum Gasteiger partial charge on any atom is 0.136 e. The summed E-state index contributed by atoms with van der Waals surface area (Å²) in [6.07, 6.45) is 4.60. The molecule has 1 heteroatoms. The second-order valence-electron chi connectivity index (χ2n) is 15.8. The van der Waals surface area contributed by atoms with Gasteiger partial charge >= 0.3 is 0 Å². The molecule has 1 nitrogen and oxygen atoms in total. The van der Waals surface area contributed by atoms with E-state index in [2.05, 4.69) is 198 Å². The van der Waals surface area contributed by atoms with Crippen LogP contribution in [0.3, 0.4) is 0 Å². The van der Waals surface area contributed by atoms with Crippen LogP contribution in [0, 0.1) is 0 Å². The Labute approximate surface area is 326 Å². The minimum absolute atomic E-state index is 0.164. The van der Waals surface area contributed by atoms with Gasteiger partial charge in [0.15, 0.2) is 0 Å². The molecule has 0 saturated carbocycles. The van der Waals surface area contributed by atoms with Crippen molar-refractivity contribution in [2.75, 3.05) is 0 Å². The first-order valence-corrected chi connectivity index (χ1v) is 19.8. The lowest BCUT2D eigenvalue weighted by molar-refractivity contribution is 0.663. The summed E-state index contributed by atoms with van der Waals surface area (Å²) in [6, 6.07) is 58.2. The van der Waals surface area contributed by atoms with E-state index in [0.717, 1.165) is 21.9 Å². The second-order valence-corrected chi connectivity index (χ2v) is 15.8. The molecule has 266 valence electrons. The average Bonchev–Trinajstić information content (AvgIpc) is 3.72. The van der Waals surface area contributed by atoms with Crippen LogP contribution in [0.2, 0.25) is 0 Å². The Balaban J connectivity index is 1.25. The van der Waals surface area contributed by atoms with Crippen molar-refractivity contribution in [3.63, 3.8) is 0 Å². The van der Waals surface area contributed by atoms with Gasteiger partial charge in [0.05, 0.1) is 0 Å². The molecule has 0 bridgehead atoms. The Kier molecular flexibility index (Phi) is 7.10. The van der Waals surface area contributed by atoms with Crippen molar-refractivity contribution >= 4 is 66.4 Å². The van der Waals surface area contributed by atoms with E-state index in [1.54, 1.807) is 0 Å². The fraction of sp³-hybridized carbons (Fsp3) is 0.0909. The van der Waals surface area contributed by atoms with Crippen LogP contribution in [-0.4, -0.2) is 0 Å². The lowest BCUT2D eigenvalue weighted by atomic mass is 9.78. The third-order valence-corrected chi connectivity index (χ3v) is 12.6. The molecule has 0 atom stereocenters. The van der Waals surface area contributed by atoms with Crippen LogP contribution in [0.5, 0.6) is 0 Å². The molecule has 56 heavy (non-hydrogen) atoms. The molecule has 0 saturated heterocycles. The van der Waals surface area contributed by atoms with Crippen molar-refractivity contribution < 1.29 is 4.42 Å². The number of rotatable bonds is 3. The van der Waals surface area contributed by atoms with E-state index >= 15 is 0 Å². The van der Waals surface area contributed by atoms with E-state index in [0.29, 0.717) is 0 Å². The maximum atomic E-state index is 6.55. The van der Waals surface area contributed by atoms with Crippen LogP contribution in [-0.2, 0) is 5.41 Å². The van der Waals surface area contributed by atoms with E-state index < -0.39 is 0 Å². The Morgan fingerprint density at radius 2 is 0.982 bits per heavy atom. The van der Waals surface area contributed by atoms with Gasteiger partial charge in [0.25, 0.3) is 0 Å². The molecular weight excluding hydrogens is 677 g/mol. The SMILES string of the molecule is C/C=c1/c(-c2ccccc2)c2ccccc2c(-c2ccc(-c3cc4c(c5cc6oc7ccccc7c6cc35)C(C)(C)c3ccccc3-4)c3ccccc23)/c1=C/C. The summed E-state index contributed by atoms with van der Waals surface area (Å²) < 4.78 is 6.55. The Morgan fingerprint density at radius 1 is 0.393 bits per heavy atom. The third kappa shape index (κ3) is 4.49. The van der Waals surface area contributed by atoms with Gasteiger partial charge in [-0.05, 0) is 137 Å². The Hall–Kier alpha value is -6.70. The van der Waals surface area contributed by atoms with E-state index in [1.807, 2.05) is 0 Å². The van der Waals surface area contributed by atoms with Crippen LogP contribution in [0.25, 0.3) is 111 Å². The highest BCUT2D eigenvalue weighted by Gasteiger charge is 2.38. The monoisotopic (exact) mass is 716 g/mol. The van der Waals surface area contributed by atoms with Gasteiger partial charge in [-0.2, -0.15) is 0 Å². The average molecular weight is 717 g/mol. The van der Waals surface area contributed by atoms with Crippen molar-refractivity contribution in [3.05, 3.63) is 179 Å². The zero-order chi connectivity index (χ0) is 37.7. The summed E-state index contributed by atoms with van der Waals surface area (Å²) >= 11 is 0. The standard InChI is InChI=1S/C55H40O/c1-5-34-35(6-2)53(42-25-13-12-24-41(42)52(34)33-18-8-7-9-19-33)43-29-28-38(36-20-10-11-21-37(36)43)44-31-47-39-22-14-16-26-49(39)55(3,4)54(47)48-32-51-46(30-45(44)48)40-23-15-17-27-50(40)56-51/h5-32H,1-4H3/b34-5+,35-6+. The summed E-state index contributed by atoms with van der Waals surface area (Å²) in [4.78, 5) is 0. The first-order chi connectivity index (χ1) is 27.5. The van der Waals surface area contributed by atoms with Gasteiger partial charge in [-0.3, -0.25) is 0 Å². The highest BCUT2D eigenvalue weighted by Crippen LogP contribution is 2.54. The van der Waals surface area contributed by atoms with Crippen molar-refractivity contribution in [2.24, 2.45) is 0 Å². The minimum atomic E-state index is -0.164. The zero-order valence-electron chi connectivity index (χ0n) is 32.1. The molecule has 0 spiro atoms. The first kappa shape index (κ1) is 32.7. The lowest BCUT2D eigenvalue weighted by Crippen LogP contribution is -2.29. The van der Waals surface area contributed by atoms with Crippen LogP contribution < -0.4 is 10.4 Å². The Morgan fingerprint density at radius 3 is 1.73 bits per heavy atom. The lowest BCUT2D eigenvalue weighted by Gasteiger charge is -2.24. The predicted molar refractivity (Wildman–Crippen MR) is 240 cm³/mol. The second kappa shape index (κ2) is 12.2. The van der Waals surface area contributed by atoms with Gasteiger partial charge in [0, 0.05) is 16.2 Å². The molecule has 10 aromatic rings. The number of para-hydroxylation sites is 1. The molecule has 0 fully saturated rings. The fourth-order valence-corrected chi connectivity index (χ4v) is 10.2. The van der Waals surface area contributed by atoms with Crippen LogP contribution in [0.4, 0.5) is 0 Å². The highest BCUT2D eigenvalue weighted by atomic mass is 16.3. The van der Waals surface area contributed by atoms with Crippen molar-refractivity contribution in [2.45, 2.75) is 33.1 Å². The van der Waals surface area contributed by atoms with Crippen LogP contribution >= 0.6 is 0 Å². The van der Waals surface area contributed by atoms with Gasteiger partial charge in [0.2, 0.25) is 0 Å². The van der Waals surface area contributed by atoms with Gasteiger partial charge in [0.1, 0.15) is 11.2 Å². The molecule has 0 aliphatic heterocycles. The molecule has 0 unspecified atom stereocenters. The number of benzene rings is 9.